The van der Waals surface area contributed by atoms with E-state index in [9.17, 15) is 8.78 Å². The van der Waals surface area contributed by atoms with E-state index in [1.807, 2.05) is 20.0 Å². The number of H-pyrrole nitrogens is 1. The molecule has 3 atom stereocenters. The molecule has 6 nitrogen and oxygen atoms in total. The Bertz CT molecular complexity index is 1260. The summed E-state index contributed by atoms with van der Waals surface area (Å²) in [5.41, 5.74) is 8.32. The molecule has 3 aliphatic heterocycles. The Labute approximate surface area is 203 Å². The lowest BCUT2D eigenvalue weighted by atomic mass is 9.82. The molecular weight excluding hydrogens is 448 g/mol. The van der Waals surface area contributed by atoms with Gasteiger partial charge in [0, 0.05) is 55.1 Å². The number of nitrogens with one attached hydrogen (secondary N) is 3. The Morgan fingerprint density at radius 2 is 1.80 bits per heavy atom. The molecule has 6 rings (SSSR count). The molecule has 35 heavy (non-hydrogen) atoms. The molecule has 184 valence electrons. The van der Waals surface area contributed by atoms with Crippen LogP contribution in [0.2, 0.25) is 0 Å². The van der Waals surface area contributed by atoms with Crippen molar-refractivity contribution in [1.82, 2.24) is 20.6 Å². The molecule has 4 heterocycles. The molecule has 1 fully saturated rings. The van der Waals surface area contributed by atoms with Crippen molar-refractivity contribution < 1.29 is 13.5 Å². The molecule has 0 bridgehead atoms. The second-order valence-corrected chi connectivity index (χ2v) is 10.1. The Kier molecular flexibility index (Phi) is 5.73. The molecule has 3 aromatic rings. The van der Waals surface area contributed by atoms with Crippen LogP contribution in [0.15, 0.2) is 41.5 Å². The molecule has 0 radical (unpaired) electrons. The fourth-order valence-electron chi connectivity index (χ4n) is 5.96. The number of aromatic nitrogens is 1. The minimum atomic E-state index is -0.256. The third-order valence-electron chi connectivity index (χ3n) is 7.93. The number of rotatable bonds is 3. The van der Waals surface area contributed by atoms with E-state index in [1.165, 1.54) is 23.4 Å². The van der Waals surface area contributed by atoms with Gasteiger partial charge >= 0.3 is 0 Å². The first-order chi connectivity index (χ1) is 17.0. The number of amidine groups is 1. The number of fused-ring (bicyclic) bond motifs is 3. The topological polar surface area (TPSA) is 64.7 Å². The number of hydrogen-bond acceptors (Lipinski definition) is 5. The standard InChI is InChI=1S/C27H31F2N5O/c1-15-21(29)8-7-19-20-13-22(30-25(26(20)31-24(15)19)16-9-11-35-12-10-16)23-14-34(2)27(33-32-23)17-3-5-18(28)6-4-17/h3-8,16,22-23,25,30-32H,9-14H2,1-2H3/t22-,23?,25?/m1/s1. The van der Waals surface area contributed by atoms with Crippen LogP contribution in [0.5, 0.6) is 0 Å². The van der Waals surface area contributed by atoms with Crippen LogP contribution in [-0.4, -0.2) is 54.6 Å². The summed E-state index contributed by atoms with van der Waals surface area (Å²) in [5.74, 6) is 0.815. The zero-order chi connectivity index (χ0) is 24.1. The monoisotopic (exact) mass is 479 g/mol. The van der Waals surface area contributed by atoms with Gasteiger partial charge in [0.1, 0.15) is 11.6 Å². The zero-order valence-corrected chi connectivity index (χ0v) is 20.1. The number of halogens is 2. The molecule has 8 heteroatoms. The molecule has 2 unspecified atom stereocenters. The van der Waals surface area contributed by atoms with Gasteiger partial charge in [-0.3, -0.25) is 0 Å². The minimum absolute atomic E-state index is 0.0891. The Hall–Kier alpha value is -2.97. The van der Waals surface area contributed by atoms with Gasteiger partial charge in [0.15, 0.2) is 5.84 Å². The van der Waals surface area contributed by atoms with Crippen LogP contribution in [-0.2, 0) is 11.2 Å². The van der Waals surface area contributed by atoms with E-state index in [4.69, 9.17) is 4.74 Å². The number of aryl methyl sites for hydroxylation is 1. The van der Waals surface area contributed by atoms with E-state index >= 15 is 0 Å². The normalized spacial score (nSPS) is 25.3. The van der Waals surface area contributed by atoms with Crippen molar-refractivity contribution in [1.29, 1.82) is 0 Å². The van der Waals surface area contributed by atoms with Crippen molar-refractivity contribution in [2.45, 2.75) is 44.3 Å². The highest BCUT2D eigenvalue weighted by Crippen LogP contribution is 2.40. The third kappa shape index (κ3) is 3.98. The van der Waals surface area contributed by atoms with E-state index in [0.717, 1.165) is 61.3 Å². The van der Waals surface area contributed by atoms with E-state index in [1.54, 1.807) is 18.2 Å². The van der Waals surface area contributed by atoms with Gasteiger partial charge in [-0.15, -0.1) is 0 Å². The lowest BCUT2D eigenvalue weighted by molar-refractivity contribution is 0.0484. The molecule has 0 saturated carbocycles. The van der Waals surface area contributed by atoms with Crippen LogP contribution in [0.1, 0.15) is 41.3 Å². The molecule has 1 aromatic heterocycles. The smallest absolute Gasteiger partial charge is 0.155 e. The highest BCUT2D eigenvalue weighted by atomic mass is 19.1. The zero-order valence-electron chi connectivity index (χ0n) is 20.1. The highest BCUT2D eigenvalue weighted by molar-refractivity contribution is 5.98. The number of likely N-dealkylation sites (N-methyl/N-ethyl adjacent to an activating group) is 1. The fourth-order valence-corrected chi connectivity index (χ4v) is 5.96. The quantitative estimate of drug-likeness (QED) is 0.531. The predicted octanol–water partition coefficient (Wildman–Crippen LogP) is 4.00. The fraction of sp³-hybridized carbons (Fsp3) is 0.444. The van der Waals surface area contributed by atoms with Crippen molar-refractivity contribution in [3.63, 3.8) is 0 Å². The Balaban J connectivity index is 1.33. The molecule has 1 saturated heterocycles. The second kappa shape index (κ2) is 8.91. The summed E-state index contributed by atoms with van der Waals surface area (Å²) in [4.78, 5) is 5.73. The number of aromatic amines is 1. The van der Waals surface area contributed by atoms with Gasteiger partial charge in [0.2, 0.25) is 0 Å². The average Bonchev–Trinajstić information content (AvgIpc) is 3.26. The summed E-state index contributed by atoms with van der Waals surface area (Å²) in [6.07, 6.45) is 2.82. The van der Waals surface area contributed by atoms with Gasteiger partial charge in [0.05, 0.1) is 17.6 Å². The van der Waals surface area contributed by atoms with Crippen LogP contribution in [0.3, 0.4) is 0 Å². The summed E-state index contributed by atoms with van der Waals surface area (Å²) < 4.78 is 33.4. The number of hydrogen-bond donors (Lipinski definition) is 3. The van der Waals surface area contributed by atoms with E-state index < -0.39 is 0 Å². The maximum absolute atomic E-state index is 14.4. The molecule has 0 spiro atoms. The van der Waals surface area contributed by atoms with Gasteiger partial charge in [0.25, 0.3) is 0 Å². The number of nitrogens with zero attached hydrogens (tertiary/aromatic N) is 2. The number of benzene rings is 2. The molecule has 0 amide bonds. The van der Waals surface area contributed by atoms with E-state index in [-0.39, 0.29) is 29.8 Å². The Morgan fingerprint density at radius 3 is 2.54 bits per heavy atom. The maximum atomic E-state index is 14.4. The summed E-state index contributed by atoms with van der Waals surface area (Å²) in [5, 5.41) is 9.74. The second-order valence-electron chi connectivity index (χ2n) is 10.1. The molecule has 3 aliphatic rings. The largest absolute Gasteiger partial charge is 0.381 e. The van der Waals surface area contributed by atoms with Crippen LogP contribution in [0, 0.1) is 24.5 Å². The van der Waals surface area contributed by atoms with Crippen LogP contribution < -0.4 is 10.7 Å². The lowest BCUT2D eigenvalue weighted by Gasteiger charge is -2.42. The summed E-state index contributed by atoms with van der Waals surface area (Å²) in [6.45, 7) is 4.15. The molecule has 2 aromatic carbocycles. The number of hydrazone groups is 1. The SMILES string of the molecule is Cc1c(F)ccc2c3c([nH]c12)C(C1CCOCC1)N[C@@H](C1CN(C)C(c2ccc(F)cc2)=NN1)C3. The first-order valence-electron chi connectivity index (χ1n) is 12.4. The third-order valence-corrected chi connectivity index (χ3v) is 7.93. The van der Waals surface area contributed by atoms with Gasteiger partial charge in [-0.1, -0.05) is 0 Å². The van der Waals surface area contributed by atoms with Gasteiger partial charge < -0.3 is 25.4 Å². The van der Waals surface area contributed by atoms with Crippen molar-refractivity contribution in [2.75, 3.05) is 26.8 Å². The average molecular weight is 480 g/mol. The predicted molar refractivity (Wildman–Crippen MR) is 132 cm³/mol. The molecular formula is C27H31F2N5O. The molecule has 3 N–H and O–H groups in total. The van der Waals surface area contributed by atoms with Crippen molar-refractivity contribution >= 4 is 16.7 Å². The highest BCUT2D eigenvalue weighted by Gasteiger charge is 2.39. The first-order valence-corrected chi connectivity index (χ1v) is 12.4. The van der Waals surface area contributed by atoms with Crippen molar-refractivity contribution in [3.05, 3.63) is 70.4 Å². The maximum Gasteiger partial charge on any atom is 0.155 e. The van der Waals surface area contributed by atoms with Crippen molar-refractivity contribution in [2.24, 2.45) is 11.0 Å². The summed E-state index contributed by atoms with van der Waals surface area (Å²) in [7, 11) is 2.03. The lowest BCUT2D eigenvalue weighted by Crippen LogP contribution is -2.59. The van der Waals surface area contributed by atoms with Crippen LogP contribution in [0.25, 0.3) is 10.9 Å². The summed E-state index contributed by atoms with van der Waals surface area (Å²) >= 11 is 0. The van der Waals surface area contributed by atoms with E-state index in [0.29, 0.717) is 11.5 Å². The molecule has 0 aliphatic carbocycles. The summed E-state index contributed by atoms with van der Waals surface area (Å²) in [6, 6.07) is 10.3. The van der Waals surface area contributed by atoms with E-state index in [2.05, 4.69) is 25.7 Å². The van der Waals surface area contributed by atoms with Crippen LogP contribution in [0.4, 0.5) is 8.78 Å². The van der Waals surface area contributed by atoms with Crippen LogP contribution >= 0.6 is 0 Å². The van der Waals surface area contributed by atoms with Gasteiger partial charge in [-0.25, -0.2) is 8.78 Å². The Morgan fingerprint density at radius 1 is 1.03 bits per heavy atom. The first kappa shape index (κ1) is 22.5. The van der Waals surface area contributed by atoms with Crippen molar-refractivity contribution in [3.8, 4) is 0 Å². The number of ether oxygens (including phenoxy) is 1. The van der Waals surface area contributed by atoms with Gasteiger partial charge in [-0.05, 0) is 74.1 Å². The minimum Gasteiger partial charge on any atom is -0.381 e. The van der Waals surface area contributed by atoms with Gasteiger partial charge in [-0.2, -0.15) is 5.10 Å².